The van der Waals surface area contributed by atoms with Gasteiger partial charge in [0.25, 0.3) is 0 Å². The zero-order valence-electron chi connectivity index (χ0n) is 10.7. The first-order chi connectivity index (χ1) is 8.39. The highest BCUT2D eigenvalue weighted by Crippen LogP contribution is 2.25. The van der Waals surface area contributed by atoms with Crippen LogP contribution in [0, 0.1) is 11.6 Å². The van der Waals surface area contributed by atoms with Gasteiger partial charge in [-0.3, -0.25) is 0 Å². The highest BCUT2D eigenvalue weighted by atomic mass is 35.5. The molecule has 0 bridgehead atoms. The van der Waals surface area contributed by atoms with E-state index in [1.54, 1.807) is 7.11 Å². The zero-order chi connectivity index (χ0) is 13.8. The van der Waals surface area contributed by atoms with E-state index in [2.05, 4.69) is 0 Å². The predicted octanol–water partition coefficient (Wildman–Crippen LogP) is 3.90. The van der Waals surface area contributed by atoms with Crippen LogP contribution >= 0.6 is 11.6 Å². The molecule has 0 amide bonds. The van der Waals surface area contributed by atoms with Crippen LogP contribution < -0.4 is 4.74 Å². The number of hydrogen-bond acceptors (Lipinski definition) is 2. The Labute approximate surface area is 111 Å². The van der Waals surface area contributed by atoms with Gasteiger partial charge >= 0.3 is 0 Å². The standard InChI is InChI=1S/C13H17ClF2O2/c1-13(2,17-3)4-5-18-12-10(15)6-9(8-14)7-11(12)16/h6-7H,4-5,8H2,1-3H3. The maximum Gasteiger partial charge on any atom is 0.190 e. The summed E-state index contributed by atoms with van der Waals surface area (Å²) in [6.45, 7) is 3.92. The van der Waals surface area contributed by atoms with E-state index in [0.29, 0.717) is 12.0 Å². The van der Waals surface area contributed by atoms with Gasteiger partial charge < -0.3 is 9.47 Å². The second-order valence-electron chi connectivity index (χ2n) is 4.58. The Morgan fingerprint density at radius 3 is 2.22 bits per heavy atom. The van der Waals surface area contributed by atoms with Gasteiger partial charge in [0.05, 0.1) is 12.2 Å². The zero-order valence-corrected chi connectivity index (χ0v) is 11.5. The van der Waals surface area contributed by atoms with E-state index >= 15 is 0 Å². The summed E-state index contributed by atoms with van der Waals surface area (Å²) in [5, 5.41) is 0. The molecular weight excluding hydrogens is 262 g/mol. The van der Waals surface area contributed by atoms with E-state index < -0.39 is 11.6 Å². The monoisotopic (exact) mass is 278 g/mol. The molecule has 0 unspecified atom stereocenters. The summed E-state index contributed by atoms with van der Waals surface area (Å²) in [4.78, 5) is 0. The first-order valence-electron chi connectivity index (χ1n) is 5.61. The summed E-state index contributed by atoms with van der Waals surface area (Å²) in [6, 6.07) is 2.35. The van der Waals surface area contributed by atoms with Gasteiger partial charge in [0.1, 0.15) is 0 Å². The number of methoxy groups -OCH3 is 1. The third-order valence-electron chi connectivity index (χ3n) is 2.72. The fourth-order valence-electron chi connectivity index (χ4n) is 1.33. The van der Waals surface area contributed by atoms with Crippen LogP contribution in [0.1, 0.15) is 25.8 Å². The van der Waals surface area contributed by atoms with E-state index in [1.807, 2.05) is 13.8 Å². The Bertz CT molecular complexity index is 385. The van der Waals surface area contributed by atoms with Crippen molar-refractivity contribution in [3.8, 4) is 5.75 Å². The molecule has 0 aliphatic carbocycles. The van der Waals surface area contributed by atoms with Crippen molar-refractivity contribution in [3.05, 3.63) is 29.3 Å². The molecule has 5 heteroatoms. The summed E-state index contributed by atoms with van der Waals surface area (Å²) in [5.41, 5.74) is -0.000476. The van der Waals surface area contributed by atoms with Gasteiger partial charge in [0, 0.05) is 19.4 Å². The summed E-state index contributed by atoms with van der Waals surface area (Å²) in [7, 11) is 1.58. The lowest BCUT2D eigenvalue weighted by molar-refractivity contribution is 0.00478. The van der Waals surface area contributed by atoms with Crippen molar-refractivity contribution in [2.75, 3.05) is 13.7 Å². The van der Waals surface area contributed by atoms with E-state index in [1.165, 1.54) is 12.1 Å². The number of benzene rings is 1. The van der Waals surface area contributed by atoms with Crippen molar-refractivity contribution in [1.82, 2.24) is 0 Å². The topological polar surface area (TPSA) is 18.5 Å². The maximum atomic E-state index is 13.5. The number of ether oxygens (including phenoxy) is 2. The normalized spacial score (nSPS) is 11.7. The molecule has 0 aliphatic rings. The average Bonchev–Trinajstić information content (AvgIpc) is 2.32. The summed E-state index contributed by atoms with van der Waals surface area (Å²) in [5.74, 6) is -1.78. The lowest BCUT2D eigenvalue weighted by atomic mass is 10.1. The molecule has 102 valence electrons. The second-order valence-corrected chi connectivity index (χ2v) is 4.85. The van der Waals surface area contributed by atoms with Crippen LogP contribution in [0.3, 0.4) is 0 Å². The number of hydrogen-bond donors (Lipinski definition) is 0. The second kappa shape index (κ2) is 6.34. The molecule has 0 saturated heterocycles. The van der Waals surface area contributed by atoms with Gasteiger partial charge in [-0.2, -0.15) is 0 Å². The smallest absolute Gasteiger partial charge is 0.190 e. The first kappa shape index (κ1) is 15.2. The molecule has 1 aromatic carbocycles. The Hall–Kier alpha value is -0.870. The molecule has 0 fully saturated rings. The Kier molecular flexibility index (Phi) is 5.35. The summed E-state index contributed by atoms with van der Waals surface area (Å²) >= 11 is 5.52. The molecule has 1 rings (SSSR count). The van der Waals surface area contributed by atoms with Gasteiger partial charge in [0.15, 0.2) is 17.4 Å². The summed E-state index contributed by atoms with van der Waals surface area (Å²) in [6.07, 6.45) is 0.527. The largest absolute Gasteiger partial charge is 0.487 e. The van der Waals surface area contributed by atoms with Crippen molar-refractivity contribution in [2.24, 2.45) is 0 Å². The molecule has 2 nitrogen and oxygen atoms in total. The van der Waals surface area contributed by atoms with Crippen LogP contribution in [-0.4, -0.2) is 19.3 Å². The number of halogens is 3. The van der Waals surface area contributed by atoms with Crippen molar-refractivity contribution in [2.45, 2.75) is 31.7 Å². The minimum Gasteiger partial charge on any atom is -0.487 e. The quantitative estimate of drug-likeness (QED) is 0.735. The first-order valence-corrected chi connectivity index (χ1v) is 6.15. The van der Waals surface area contributed by atoms with Gasteiger partial charge in [0.2, 0.25) is 0 Å². The third-order valence-corrected chi connectivity index (χ3v) is 3.02. The van der Waals surface area contributed by atoms with Gasteiger partial charge in [-0.05, 0) is 31.5 Å². The Balaban J connectivity index is 2.68. The maximum absolute atomic E-state index is 13.5. The average molecular weight is 279 g/mol. The molecule has 0 aliphatic heterocycles. The number of rotatable bonds is 6. The lowest BCUT2D eigenvalue weighted by Gasteiger charge is -2.22. The fourth-order valence-corrected chi connectivity index (χ4v) is 1.48. The molecule has 1 aromatic rings. The molecule has 18 heavy (non-hydrogen) atoms. The highest BCUT2D eigenvalue weighted by molar-refractivity contribution is 6.17. The molecule has 0 atom stereocenters. The minimum atomic E-state index is -0.735. The molecule has 0 aromatic heterocycles. The SMILES string of the molecule is COC(C)(C)CCOc1c(F)cc(CCl)cc1F. The van der Waals surface area contributed by atoms with Crippen molar-refractivity contribution in [3.63, 3.8) is 0 Å². The van der Waals surface area contributed by atoms with Crippen molar-refractivity contribution in [1.29, 1.82) is 0 Å². The van der Waals surface area contributed by atoms with E-state index in [4.69, 9.17) is 21.1 Å². The molecule has 0 heterocycles. The van der Waals surface area contributed by atoms with Crippen LogP contribution in [0.2, 0.25) is 0 Å². The fraction of sp³-hybridized carbons (Fsp3) is 0.538. The van der Waals surface area contributed by atoms with Crippen molar-refractivity contribution >= 4 is 11.6 Å². The predicted molar refractivity (Wildman–Crippen MR) is 67.1 cm³/mol. The van der Waals surface area contributed by atoms with Crippen LogP contribution in [0.25, 0.3) is 0 Å². The minimum absolute atomic E-state index is 0.0603. The Morgan fingerprint density at radius 1 is 1.22 bits per heavy atom. The van der Waals surface area contributed by atoms with Crippen LogP contribution in [0.4, 0.5) is 8.78 Å². The number of alkyl halides is 1. The van der Waals surface area contributed by atoms with Gasteiger partial charge in [-0.25, -0.2) is 8.78 Å². The highest BCUT2D eigenvalue weighted by Gasteiger charge is 2.18. The molecule has 0 radical (unpaired) electrons. The van der Waals surface area contributed by atoms with Crippen LogP contribution in [0.15, 0.2) is 12.1 Å². The van der Waals surface area contributed by atoms with Crippen molar-refractivity contribution < 1.29 is 18.3 Å². The lowest BCUT2D eigenvalue weighted by Crippen LogP contribution is -2.25. The molecule has 0 N–H and O–H groups in total. The van der Waals surface area contributed by atoms with Gasteiger partial charge in [-0.15, -0.1) is 11.6 Å². The molecule has 0 saturated carbocycles. The molecular formula is C13H17ClF2O2. The van der Waals surface area contributed by atoms with E-state index in [0.717, 1.165) is 0 Å². The van der Waals surface area contributed by atoms with Crippen LogP contribution in [0.5, 0.6) is 5.75 Å². The molecule has 0 spiro atoms. The van der Waals surface area contributed by atoms with E-state index in [9.17, 15) is 8.78 Å². The van der Waals surface area contributed by atoms with E-state index in [-0.39, 0.29) is 23.8 Å². The Morgan fingerprint density at radius 2 is 1.78 bits per heavy atom. The van der Waals surface area contributed by atoms with Crippen LogP contribution in [-0.2, 0) is 10.6 Å². The van der Waals surface area contributed by atoms with Gasteiger partial charge in [-0.1, -0.05) is 0 Å². The summed E-state index contributed by atoms with van der Waals surface area (Å²) < 4.78 is 37.4. The third kappa shape index (κ3) is 4.10.